The molecule has 0 spiro atoms. The summed E-state index contributed by atoms with van der Waals surface area (Å²) in [5.74, 6) is 2.00. The number of fused-ring (bicyclic) bond motifs is 1. The van der Waals surface area contributed by atoms with Crippen molar-refractivity contribution in [3.63, 3.8) is 0 Å². The Bertz CT molecular complexity index is 1510. The van der Waals surface area contributed by atoms with Crippen LogP contribution in [0.25, 0.3) is 5.57 Å². The van der Waals surface area contributed by atoms with Gasteiger partial charge in [-0.3, -0.25) is 0 Å². The molecule has 6 rings (SSSR count). The second-order valence-corrected chi connectivity index (χ2v) is 10.0. The van der Waals surface area contributed by atoms with Gasteiger partial charge in [0, 0.05) is 0 Å². The highest BCUT2D eigenvalue weighted by Crippen LogP contribution is 2.42. The van der Waals surface area contributed by atoms with E-state index in [1.54, 1.807) is 0 Å². The lowest BCUT2D eigenvalue weighted by Gasteiger charge is -2.19. The lowest BCUT2D eigenvalue weighted by Crippen LogP contribution is -2.05. The van der Waals surface area contributed by atoms with Crippen LogP contribution in [-0.4, -0.2) is 0 Å². The number of rotatable bonds is 11. The van der Waals surface area contributed by atoms with Crippen LogP contribution in [0.2, 0.25) is 0 Å². The summed E-state index contributed by atoms with van der Waals surface area (Å²) in [7, 11) is 0. The van der Waals surface area contributed by atoms with Gasteiger partial charge >= 0.3 is 0 Å². The third kappa shape index (κ3) is 6.27. The Morgan fingerprint density at radius 1 is 0.475 bits per heavy atom. The van der Waals surface area contributed by atoms with Crippen LogP contribution in [0.3, 0.4) is 0 Å². The summed E-state index contributed by atoms with van der Waals surface area (Å²) in [5.41, 5.74) is 8.44. The van der Waals surface area contributed by atoms with E-state index in [1.807, 2.05) is 54.6 Å². The molecule has 0 saturated heterocycles. The normalized spacial score (nSPS) is 11.9. The van der Waals surface area contributed by atoms with Crippen LogP contribution in [0, 0.1) is 0 Å². The van der Waals surface area contributed by atoms with Gasteiger partial charge in [0.05, 0.1) is 0 Å². The van der Waals surface area contributed by atoms with Gasteiger partial charge in [-0.2, -0.15) is 0 Å². The fraction of sp³-hybridized carbons (Fsp3) is 0.135. The third-order valence-corrected chi connectivity index (χ3v) is 7.11. The lowest BCUT2D eigenvalue weighted by atomic mass is 9.99. The fourth-order valence-electron chi connectivity index (χ4n) is 5.03. The molecule has 3 heteroatoms. The molecule has 0 atom stereocenters. The quantitative estimate of drug-likeness (QED) is 0.173. The van der Waals surface area contributed by atoms with E-state index in [9.17, 15) is 0 Å². The highest BCUT2D eigenvalue weighted by molar-refractivity contribution is 5.75. The van der Waals surface area contributed by atoms with Crippen LogP contribution in [0.1, 0.15) is 33.4 Å². The molecule has 0 aliphatic heterocycles. The van der Waals surface area contributed by atoms with Gasteiger partial charge in [0.2, 0.25) is 5.75 Å². The standard InChI is InChI=1S/C37H32O3/c1-4-12-28(13-5-1)25-38-35-23-31(22-33-21-20-32-18-10-11-19-34(32)33)24-36(39-26-29-14-6-2-7-15-29)37(35)40-27-30-16-8-3-9-17-30/h1-19,21,23-24H,20,22,25-27H2. The fourth-order valence-corrected chi connectivity index (χ4v) is 5.03. The molecular formula is C37H32O3. The molecule has 0 unspecified atom stereocenters. The van der Waals surface area contributed by atoms with Gasteiger partial charge in [0.1, 0.15) is 19.8 Å². The van der Waals surface area contributed by atoms with Crippen LogP contribution in [0.5, 0.6) is 17.2 Å². The summed E-state index contributed by atoms with van der Waals surface area (Å²) < 4.78 is 19.4. The summed E-state index contributed by atoms with van der Waals surface area (Å²) in [4.78, 5) is 0. The first-order valence-corrected chi connectivity index (χ1v) is 13.8. The minimum Gasteiger partial charge on any atom is -0.485 e. The van der Waals surface area contributed by atoms with Crippen molar-refractivity contribution < 1.29 is 14.2 Å². The van der Waals surface area contributed by atoms with Crippen molar-refractivity contribution in [3.05, 3.63) is 167 Å². The van der Waals surface area contributed by atoms with Crippen molar-refractivity contribution >= 4 is 5.57 Å². The third-order valence-electron chi connectivity index (χ3n) is 7.11. The van der Waals surface area contributed by atoms with E-state index in [-0.39, 0.29) is 0 Å². The average Bonchev–Trinajstić information content (AvgIpc) is 3.42. The van der Waals surface area contributed by atoms with E-state index in [0.717, 1.165) is 35.1 Å². The van der Waals surface area contributed by atoms with E-state index in [0.29, 0.717) is 37.1 Å². The Kier molecular flexibility index (Phi) is 7.91. The second-order valence-electron chi connectivity index (χ2n) is 10.0. The van der Waals surface area contributed by atoms with Crippen molar-refractivity contribution in [3.8, 4) is 17.2 Å². The Morgan fingerprint density at radius 3 is 1.50 bits per heavy atom. The maximum absolute atomic E-state index is 6.45. The second kappa shape index (κ2) is 12.4. The molecule has 0 radical (unpaired) electrons. The zero-order chi connectivity index (χ0) is 27.0. The Balaban J connectivity index is 1.35. The number of allylic oxidation sites excluding steroid dienone is 2. The summed E-state index contributed by atoms with van der Waals surface area (Å²) in [6.45, 7) is 1.30. The van der Waals surface area contributed by atoms with E-state index in [4.69, 9.17) is 14.2 Å². The minimum absolute atomic E-state index is 0.419. The molecule has 5 aromatic carbocycles. The van der Waals surface area contributed by atoms with Crippen LogP contribution < -0.4 is 14.2 Å². The molecule has 40 heavy (non-hydrogen) atoms. The molecule has 0 bridgehead atoms. The molecule has 0 heterocycles. The van der Waals surface area contributed by atoms with Crippen molar-refractivity contribution in [1.29, 1.82) is 0 Å². The van der Waals surface area contributed by atoms with E-state index < -0.39 is 0 Å². The summed E-state index contributed by atoms with van der Waals surface area (Å²) in [6, 6.07) is 43.5. The van der Waals surface area contributed by atoms with E-state index >= 15 is 0 Å². The average molecular weight is 525 g/mol. The molecular weight excluding hydrogens is 492 g/mol. The first kappa shape index (κ1) is 25.5. The van der Waals surface area contributed by atoms with Gasteiger partial charge < -0.3 is 14.2 Å². The maximum Gasteiger partial charge on any atom is 0.203 e. The summed E-state index contributed by atoms with van der Waals surface area (Å²) >= 11 is 0. The topological polar surface area (TPSA) is 27.7 Å². The van der Waals surface area contributed by atoms with Gasteiger partial charge in [-0.1, -0.05) is 121 Å². The van der Waals surface area contributed by atoms with Gasteiger partial charge in [-0.05, 0) is 63.9 Å². The molecule has 5 aromatic rings. The van der Waals surface area contributed by atoms with Gasteiger partial charge in [-0.15, -0.1) is 0 Å². The zero-order valence-corrected chi connectivity index (χ0v) is 22.5. The summed E-state index contributed by atoms with van der Waals surface area (Å²) in [6.07, 6.45) is 4.09. The molecule has 198 valence electrons. The first-order valence-electron chi connectivity index (χ1n) is 13.8. The Morgan fingerprint density at radius 2 is 0.950 bits per heavy atom. The van der Waals surface area contributed by atoms with Crippen molar-refractivity contribution in [2.75, 3.05) is 0 Å². The maximum atomic E-state index is 6.45. The predicted molar refractivity (Wildman–Crippen MR) is 161 cm³/mol. The zero-order valence-electron chi connectivity index (χ0n) is 22.5. The molecule has 0 saturated carbocycles. The van der Waals surface area contributed by atoms with E-state index in [1.165, 1.54) is 16.7 Å². The highest BCUT2D eigenvalue weighted by Gasteiger charge is 2.20. The van der Waals surface area contributed by atoms with Gasteiger partial charge in [-0.25, -0.2) is 0 Å². The number of hydrogen-bond donors (Lipinski definition) is 0. The monoisotopic (exact) mass is 524 g/mol. The van der Waals surface area contributed by atoms with Gasteiger partial charge in [0.15, 0.2) is 11.5 Å². The number of benzene rings is 5. The number of hydrogen-bond acceptors (Lipinski definition) is 3. The summed E-state index contributed by atoms with van der Waals surface area (Å²) in [5, 5.41) is 0. The molecule has 0 amide bonds. The highest BCUT2D eigenvalue weighted by atomic mass is 16.5. The largest absolute Gasteiger partial charge is 0.485 e. The minimum atomic E-state index is 0.419. The first-order chi connectivity index (χ1) is 19.8. The lowest BCUT2D eigenvalue weighted by molar-refractivity contribution is 0.229. The molecule has 0 N–H and O–H groups in total. The van der Waals surface area contributed by atoms with Crippen LogP contribution in [0.4, 0.5) is 0 Å². The van der Waals surface area contributed by atoms with Gasteiger partial charge in [0.25, 0.3) is 0 Å². The van der Waals surface area contributed by atoms with Crippen molar-refractivity contribution in [2.24, 2.45) is 0 Å². The van der Waals surface area contributed by atoms with E-state index in [2.05, 4.69) is 78.9 Å². The molecule has 3 nitrogen and oxygen atoms in total. The van der Waals surface area contributed by atoms with Crippen molar-refractivity contribution in [2.45, 2.75) is 32.7 Å². The SMILES string of the molecule is C1=C(Cc2cc(OCc3ccccc3)c(OCc3ccccc3)c(OCc3ccccc3)c2)c2ccccc2C1. The smallest absolute Gasteiger partial charge is 0.203 e. The number of ether oxygens (including phenoxy) is 3. The van der Waals surface area contributed by atoms with Crippen LogP contribution in [0.15, 0.2) is 133 Å². The van der Waals surface area contributed by atoms with Crippen LogP contribution >= 0.6 is 0 Å². The molecule has 1 aliphatic rings. The predicted octanol–water partition coefficient (Wildman–Crippen LogP) is 8.61. The van der Waals surface area contributed by atoms with Crippen LogP contribution in [-0.2, 0) is 32.7 Å². The van der Waals surface area contributed by atoms with Crippen molar-refractivity contribution in [1.82, 2.24) is 0 Å². The molecule has 0 aromatic heterocycles. The molecule has 1 aliphatic carbocycles. The Hall–Kier alpha value is -4.76. The Labute approximate surface area is 236 Å². The molecule has 0 fully saturated rings.